The molecule has 6 nitrogen and oxygen atoms in total. The summed E-state index contributed by atoms with van der Waals surface area (Å²) in [4.78, 5) is 0. The molecule has 0 bridgehead atoms. The van der Waals surface area contributed by atoms with E-state index in [-0.39, 0.29) is 0 Å². The van der Waals surface area contributed by atoms with E-state index in [9.17, 15) is 0 Å². The topological polar surface area (TPSA) is 76.7 Å². The van der Waals surface area contributed by atoms with Crippen molar-refractivity contribution in [1.82, 2.24) is 20.5 Å². The van der Waals surface area contributed by atoms with Crippen LogP contribution in [0.25, 0.3) is 21.6 Å². The average Bonchev–Trinajstić information content (AvgIpc) is 3.19. The molecule has 2 heterocycles. The predicted octanol–water partition coefficient (Wildman–Crippen LogP) is 4.79. The molecule has 0 atom stereocenters. The second kappa shape index (κ2) is 5.77. The Bertz CT molecular complexity index is 1000. The molecule has 0 radical (unpaired) electrons. The minimum Gasteiger partial charge on any atom is -0.330 e. The Morgan fingerprint density at radius 1 is 0.913 bits per heavy atom. The number of aromatic nitrogens is 4. The highest BCUT2D eigenvalue weighted by Crippen LogP contribution is 2.31. The van der Waals surface area contributed by atoms with Gasteiger partial charge >= 0.3 is 0 Å². The summed E-state index contributed by atoms with van der Waals surface area (Å²) in [7, 11) is 0. The Labute approximate surface area is 144 Å². The van der Waals surface area contributed by atoms with Gasteiger partial charge in [-0.3, -0.25) is 0 Å². The highest BCUT2D eigenvalue weighted by Gasteiger charge is 2.10. The maximum atomic E-state index is 6.00. The molecule has 0 unspecified atom stereocenters. The fourth-order valence-electron chi connectivity index (χ4n) is 2.00. The van der Waals surface area contributed by atoms with Crippen molar-refractivity contribution in [2.75, 3.05) is 5.32 Å². The van der Waals surface area contributed by atoms with E-state index in [2.05, 4.69) is 25.8 Å². The van der Waals surface area contributed by atoms with E-state index in [1.807, 2.05) is 24.3 Å². The molecule has 0 amide bonds. The standard InChI is InChI=1S/C14H7Cl2N5OS/c15-9-3-2-8(6-10(9)16)17-14-19-18-13(23-14)7-1-4-11-12(5-7)21-22-20-11/h1-6H,(H,17,19). The molecular weight excluding hydrogens is 357 g/mol. The van der Waals surface area contributed by atoms with Crippen molar-refractivity contribution in [3.8, 4) is 10.6 Å². The Morgan fingerprint density at radius 2 is 1.78 bits per heavy atom. The van der Waals surface area contributed by atoms with Gasteiger partial charge in [-0.05, 0) is 46.7 Å². The van der Waals surface area contributed by atoms with Gasteiger partial charge in [0.05, 0.1) is 10.0 Å². The van der Waals surface area contributed by atoms with Crippen LogP contribution in [-0.2, 0) is 0 Å². The van der Waals surface area contributed by atoms with Crippen molar-refractivity contribution in [2.24, 2.45) is 0 Å². The van der Waals surface area contributed by atoms with Crippen LogP contribution in [0.4, 0.5) is 10.8 Å². The van der Waals surface area contributed by atoms with Crippen LogP contribution >= 0.6 is 34.5 Å². The lowest BCUT2D eigenvalue weighted by molar-refractivity contribution is 0.315. The molecule has 0 aliphatic heterocycles. The monoisotopic (exact) mass is 363 g/mol. The molecule has 0 spiro atoms. The van der Waals surface area contributed by atoms with Crippen molar-refractivity contribution >= 4 is 56.4 Å². The van der Waals surface area contributed by atoms with Gasteiger partial charge in [-0.15, -0.1) is 10.2 Å². The van der Waals surface area contributed by atoms with E-state index in [0.29, 0.717) is 26.2 Å². The molecule has 4 rings (SSSR count). The quantitative estimate of drug-likeness (QED) is 0.563. The number of hydrogen-bond acceptors (Lipinski definition) is 7. The molecule has 2 aromatic carbocycles. The summed E-state index contributed by atoms with van der Waals surface area (Å²) in [6.07, 6.45) is 0. The lowest BCUT2D eigenvalue weighted by atomic mass is 10.2. The van der Waals surface area contributed by atoms with Gasteiger partial charge in [0.2, 0.25) is 5.13 Å². The van der Waals surface area contributed by atoms with Crippen LogP contribution in [0.3, 0.4) is 0 Å². The van der Waals surface area contributed by atoms with Gasteiger partial charge in [0, 0.05) is 11.3 Å². The van der Waals surface area contributed by atoms with Crippen LogP contribution < -0.4 is 5.32 Å². The molecule has 0 aliphatic rings. The number of nitrogens with zero attached hydrogens (tertiary/aromatic N) is 4. The molecule has 2 aromatic heterocycles. The van der Waals surface area contributed by atoms with Gasteiger partial charge in [-0.25, -0.2) is 4.63 Å². The maximum Gasteiger partial charge on any atom is 0.210 e. The third-order valence-corrected chi connectivity index (χ3v) is 4.72. The third-order valence-electron chi connectivity index (χ3n) is 3.10. The molecule has 9 heteroatoms. The predicted molar refractivity (Wildman–Crippen MR) is 90.5 cm³/mol. The lowest BCUT2D eigenvalue weighted by Gasteiger charge is -2.02. The Morgan fingerprint density at radius 3 is 2.65 bits per heavy atom. The summed E-state index contributed by atoms with van der Waals surface area (Å²) in [5.41, 5.74) is 3.07. The first-order valence-corrected chi connectivity index (χ1v) is 8.04. The molecule has 0 aliphatic carbocycles. The minimum atomic E-state index is 0.477. The summed E-state index contributed by atoms with van der Waals surface area (Å²) in [6, 6.07) is 10.9. The Kier molecular flexibility index (Phi) is 3.60. The Balaban J connectivity index is 1.61. The number of halogens is 2. The van der Waals surface area contributed by atoms with Gasteiger partial charge in [0.15, 0.2) is 0 Å². The number of rotatable bonds is 3. The zero-order valence-corrected chi connectivity index (χ0v) is 13.7. The summed E-state index contributed by atoms with van der Waals surface area (Å²) in [5, 5.41) is 21.5. The highest BCUT2D eigenvalue weighted by atomic mass is 35.5. The van der Waals surface area contributed by atoms with Crippen LogP contribution in [0.15, 0.2) is 41.0 Å². The lowest BCUT2D eigenvalue weighted by Crippen LogP contribution is -1.89. The minimum absolute atomic E-state index is 0.477. The van der Waals surface area contributed by atoms with Gasteiger partial charge in [0.25, 0.3) is 0 Å². The van der Waals surface area contributed by atoms with Crippen molar-refractivity contribution in [3.05, 3.63) is 46.4 Å². The molecule has 23 heavy (non-hydrogen) atoms. The van der Waals surface area contributed by atoms with E-state index < -0.39 is 0 Å². The molecule has 0 fully saturated rings. The van der Waals surface area contributed by atoms with Crippen LogP contribution in [-0.4, -0.2) is 20.5 Å². The summed E-state index contributed by atoms with van der Waals surface area (Å²) >= 11 is 13.3. The van der Waals surface area contributed by atoms with E-state index in [4.69, 9.17) is 27.8 Å². The zero-order valence-electron chi connectivity index (χ0n) is 11.3. The van der Waals surface area contributed by atoms with E-state index in [0.717, 1.165) is 16.3 Å². The summed E-state index contributed by atoms with van der Waals surface area (Å²) in [5.74, 6) is 0. The summed E-state index contributed by atoms with van der Waals surface area (Å²) in [6.45, 7) is 0. The molecule has 0 saturated heterocycles. The van der Waals surface area contributed by atoms with Gasteiger partial charge < -0.3 is 5.32 Å². The second-order valence-corrected chi connectivity index (χ2v) is 6.43. The first kappa shape index (κ1) is 14.4. The average molecular weight is 364 g/mol. The van der Waals surface area contributed by atoms with Gasteiger partial charge in [-0.1, -0.05) is 34.5 Å². The number of benzene rings is 2. The van der Waals surface area contributed by atoms with Crippen LogP contribution in [0.1, 0.15) is 0 Å². The maximum absolute atomic E-state index is 6.00. The molecule has 4 aromatic rings. The smallest absolute Gasteiger partial charge is 0.210 e. The highest BCUT2D eigenvalue weighted by molar-refractivity contribution is 7.18. The fraction of sp³-hybridized carbons (Fsp3) is 0. The molecule has 0 saturated carbocycles. The van der Waals surface area contributed by atoms with Gasteiger partial charge in [0.1, 0.15) is 16.0 Å². The number of fused-ring (bicyclic) bond motifs is 1. The molecule has 114 valence electrons. The largest absolute Gasteiger partial charge is 0.330 e. The molecular formula is C14H7Cl2N5OS. The number of nitrogens with one attached hydrogen (secondary N) is 1. The Hall–Kier alpha value is -2.22. The van der Waals surface area contributed by atoms with Crippen LogP contribution in [0, 0.1) is 0 Å². The van der Waals surface area contributed by atoms with Crippen molar-refractivity contribution in [2.45, 2.75) is 0 Å². The van der Waals surface area contributed by atoms with Crippen LogP contribution in [0.5, 0.6) is 0 Å². The fourth-order valence-corrected chi connectivity index (χ4v) is 3.06. The van der Waals surface area contributed by atoms with Crippen molar-refractivity contribution in [1.29, 1.82) is 0 Å². The zero-order chi connectivity index (χ0) is 15.8. The first-order chi connectivity index (χ1) is 11.2. The SMILES string of the molecule is Clc1ccc(Nc2nnc(-c3ccc4nonc4c3)s2)cc1Cl. The van der Waals surface area contributed by atoms with Gasteiger partial charge in [-0.2, -0.15) is 0 Å². The van der Waals surface area contributed by atoms with Crippen molar-refractivity contribution < 1.29 is 4.63 Å². The third kappa shape index (κ3) is 2.86. The van der Waals surface area contributed by atoms with E-state index in [1.54, 1.807) is 12.1 Å². The number of anilines is 2. The molecule has 1 N–H and O–H groups in total. The van der Waals surface area contributed by atoms with Crippen LogP contribution in [0.2, 0.25) is 10.0 Å². The second-order valence-electron chi connectivity index (χ2n) is 4.63. The van der Waals surface area contributed by atoms with E-state index >= 15 is 0 Å². The van der Waals surface area contributed by atoms with E-state index in [1.165, 1.54) is 11.3 Å². The first-order valence-electron chi connectivity index (χ1n) is 6.47. The number of hydrogen-bond donors (Lipinski definition) is 1. The van der Waals surface area contributed by atoms with Crippen molar-refractivity contribution in [3.63, 3.8) is 0 Å². The normalized spacial score (nSPS) is 11.0. The summed E-state index contributed by atoms with van der Waals surface area (Å²) < 4.78 is 4.69.